The third kappa shape index (κ3) is 8.29. The Kier molecular flexibility index (Phi) is 8.83. The Labute approximate surface area is 189 Å². The average molecular weight is 462 g/mol. The van der Waals surface area contributed by atoms with Crippen molar-refractivity contribution < 1.29 is 9.90 Å². The van der Waals surface area contributed by atoms with Gasteiger partial charge in [-0.1, -0.05) is 53.0 Å². The van der Waals surface area contributed by atoms with Crippen LogP contribution in [0.25, 0.3) is 0 Å². The monoisotopic (exact) mass is 461 g/mol. The van der Waals surface area contributed by atoms with Crippen molar-refractivity contribution in [2.45, 2.75) is 38.3 Å². The molecule has 0 aliphatic carbocycles. The number of rotatable bonds is 12. The molecule has 1 unspecified atom stereocenters. The molecule has 0 fully saturated rings. The van der Waals surface area contributed by atoms with Gasteiger partial charge in [0.15, 0.2) is 0 Å². The summed E-state index contributed by atoms with van der Waals surface area (Å²) in [5.74, 6) is -0.0951. The lowest BCUT2D eigenvalue weighted by Gasteiger charge is -2.11. The highest BCUT2D eigenvalue weighted by Gasteiger charge is 2.11. The van der Waals surface area contributed by atoms with Crippen LogP contribution in [0.1, 0.15) is 28.4 Å². The molecule has 1 atom stereocenters. The van der Waals surface area contributed by atoms with Crippen molar-refractivity contribution >= 4 is 38.8 Å². The Balaban J connectivity index is 1.35. The Morgan fingerprint density at radius 1 is 1.00 bits per heavy atom. The molecule has 9 nitrogen and oxygen atoms in total. The molecule has 3 N–H and O–H groups in total. The molecule has 0 saturated heterocycles. The van der Waals surface area contributed by atoms with Crippen LogP contribution in [-0.2, 0) is 24.1 Å². The average Bonchev–Trinajstić information content (AvgIpc) is 3.34. The fourth-order valence-electron chi connectivity index (χ4n) is 2.85. The Hall–Kier alpha value is -2.47. The first-order valence-corrected chi connectivity index (χ1v) is 11.7. The number of nitrogens with one attached hydrogen (secondary N) is 2. The number of aliphatic hydroxyl groups is 1. The van der Waals surface area contributed by atoms with Crippen LogP contribution in [0.5, 0.6) is 0 Å². The van der Waals surface area contributed by atoms with Crippen LogP contribution in [-0.4, -0.2) is 63.2 Å². The fourth-order valence-corrected chi connectivity index (χ4v) is 4.47. The summed E-state index contributed by atoms with van der Waals surface area (Å²) in [5, 5.41) is 35.4. The highest BCUT2D eigenvalue weighted by Crippen LogP contribution is 2.20. The summed E-state index contributed by atoms with van der Waals surface area (Å²) in [6.45, 7) is 0.316. The van der Waals surface area contributed by atoms with Crippen molar-refractivity contribution in [3.05, 3.63) is 45.9 Å². The van der Waals surface area contributed by atoms with Gasteiger partial charge in [-0.2, -0.15) is 0 Å². The number of aryl methyl sites for hydroxylation is 2. The Bertz CT molecular complexity index is 946. The molecular weight excluding hydrogens is 434 g/mol. The second-order valence-electron chi connectivity index (χ2n) is 7.34. The van der Waals surface area contributed by atoms with Crippen molar-refractivity contribution in [2.75, 3.05) is 31.3 Å². The number of unbranched alkanes of at least 4 members (excludes halogenated alkanes) is 1. The smallest absolute Gasteiger partial charge is 0.240 e. The summed E-state index contributed by atoms with van der Waals surface area (Å²) < 4.78 is 0. The third-order valence-electron chi connectivity index (χ3n) is 4.23. The molecule has 2 heterocycles. The molecule has 0 spiro atoms. The number of nitrogens with zero attached hydrogens (tertiary/aromatic N) is 5. The zero-order valence-corrected chi connectivity index (χ0v) is 19.2. The zero-order valence-electron chi connectivity index (χ0n) is 17.6. The van der Waals surface area contributed by atoms with E-state index in [1.54, 1.807) is 4.90 Å². The number of carbonyl (C=O) groups excluding carboxylic acids is 1. The number of aliphatic hydroxyl groups excluding tert-OH is 1. The summed E-state index contributed by atoms with van der Waals surface area (Å²) in [6.07, 6.45) is 3.32. The number of aromatic nitrogens is 4. The van der Waals surface area contributed by atoms with Crippen molar-refractivity contribution in [3.8, 4) is 0 Å². The van der Waals surface area contributed by atoms with Gasteiger partial charge in [0.1, 0.15) is 16.2 Å². The fraction of sp³-hybridized carbons (Fsp3) is 0.450. The maximum Gasteiger partial charge on any atom is 0.240 e. The molecule has 1 aromatic carbocycles. The molecule has 2 aromatic heterocycles. The summed E-state index contributed by atoms with van der Waals surface area (Å²) in [7, 11) is 3.68. The van der Waals surface area contributed by atoms with Crippen LogP contribution in [0.2, 0.25) is 0 Å². The highest BCUT2D eigenvalue weighted by atomic mass is 32.1. The molecule has 0 aliphatic rings. The second-order valence-corrected chi connectivity index (χ2v) is 9.47. The molecule has 0 radical (unpaired) electrons. The largest absolute Gasteiger partial charge is 0.373 e. The lowest BCUT2D eigenvalue weighted by Crippen LogP contribution is -2.26. The molecular formula is C20H27N7O2S2. The van der Waals surface area contributed by atoms with Crippen molar-refractivity contribution in [1.29, 1.82) is 0 Å². The van der Waals surface area contributed by atoms with Gasteiger partial charge in [-0.15, -0.1) is 20.4 Å². The van der Waals surface area contributed by atoms with E-state index in [0.717, 1.165) is 41.3 Å². The second kappa shape index (κ2) is 11.8. The lowest BCUT2D eigenvalue weighted by molar-refractivity contribution is -0.116. The molecule has 166 valence electrons. The molecule has 3 aromatic rings. The molecule has 31 heavy (non-hydrogen) atoms. The van der Waals surface area contributed by atoms with Gasteiger partial charge in [0.05, 0.1) is 6.54 Å². The lowest BCUT2D eigenvalue weighted by atomic mass is 10.1. The number of hydrogen-bond acceptors (Lipinski definition) is 10. The van der Waals surface area contributed by atoms with Gasteiger partial charge in [0, 0.05) is 19.3 Å². The third-order valence-corrected chi connectivity index (χ3v) is 6.05. The normalized spacial score (nSPS) is 12.1. The minimum atomic E-state index is -0.701. The number of likely N-dealkylation sites (N-methyl/N-ethyl adjacent to an activating group) is 1. The number of carbonyl (C=O) groups is 1. The maximum atomic E-state index is 11.8. The predicted molar refractivity (Wildman–Crippen MR) is 123 cm³/mol. The standard InChI is InChI=1S/C20H27N7O2S2/c1-27(2)13-16(29)22-20-26-24-18(31-20)11-7-6-10-17-23-25-19(30-17)21-15(28)12-14-8-4-3-5-9-14/h3-5,8-9,15,28H,6-7,10-13H2,1-2H3,(H,21,25)(H,22,26,29). The van der Waals surface area contributed by atoms with Crippen molar-refractivity contribution in [3.63, 3.8) is 0 Å². The Morgan fingerprint density at radius 3 is 2.26 bits per heavy atom. The zero-order chi connectivity index (χ0) is 22.1. The van der Waals surface area contributed by atoms with Crippen LogP contribution in [0.15, 0.2) is 30.3 Å². The number of hydrogen-bond donors (Lipinski definition) is 3. The molecule has 0 aliphatic heterocycles. The summed E-state index contributed by atoms with van der Waals surface area (Å²) in [4.78, 5) is 13.6. The van der Waals surface area contributed by atoms with E-state index in [4.69, 9.17) is 0 Å². The predicted octanol–water partition coefficient (Wildman–Crippen LogP) is 2.43. The first-order chi connectivity index (χ1) is 15.0. The van der Waals surface area contributed by atoms with Crippen LogP contribution < -0.4 is 10.6 Å². The van der Waals surface area contributed by atoms with E-state index in [0.29, 0.717) is 23.2 Å². The minimum absolute atomic E-state index is 0.0951. The van der Waals surface area contributed by atoms with Crippen LogP contribution in [0, 0.1) is 0 Å². The number of anilines is 2. The van der Waals surface area contributed by atoms with Gasteiger partial charge >= 0.3 is 0 Å². The van der Waals surface area contributed by atoms with E-state index < -0.39 is 6.23 Å². The minimum Gasteiger partial charge on any atom is -0.373 e. The maximum absolute atomic E-state index is 11.8. The molecule has 3 rings (SSSR count). The quantitative estimate of drug-likeness (QED) is 0.278. The van der Waals surface area contributed by atoms with Crippen molar-refractivity contribution in [1.82, 2.24) is 25.3 Å². The van der Waals surface area contributed by atoms with Gasteiger partial charge in [-0.3, -0.25) is 10.1 Å². The van der Waals surface area contributed by atoms with Crippen molar-refractivity contribution in [2.24, 2.45) is 0 Å². The molecule has 0 saturated carbocycles. The van der Waals surface area contributed by atoms with Gasteiger partial charge in [-0.05, 0) is 32.5 Å². The van der Waals surface area contributed by atoms with Crippen LogP contribution in [0.3, 0.4) is 0 Å². The van der Waals surface area contributed by atoms with E-state index in [1.807, 2.05) is 44.4 Å². The summed E-state index contributed by atoms with van der Waals surface area (Å²) in [6, 6.07) is 9.82. The number of amides is 1. The summed E-state index contributed by atoms with van der Waals surface area (Å²) >= 11 is 2.87. The molecule has 1 amide bonds. The first-order valence-electron chi connectivity index (χ1n) is 10.1. The topological polar surface area (TPSA) is 116 Å². The first kappa shape index (κ1) is 23.2. The van der Waals surface area contributed by atoms with Gasteiger partial charge in [0.25, 0.3) is 0 Å². The van der Waals surface area contributed by atoms with Gasteiger partial charge < -0.3 is 15.3 Å². The summed E-state index contributed by atoms with van der Waals surface area (Å²) in [5.41, 5.74) is 1.06. The van der Waals surface area contributed by atoms with Crippen LogP contribution >= 0.6 is 22.7 Å². The highest BCUT2D eigenvalue weighted by molar-refractivity contribution is 7.15. The van der Waals surface area contributed by atoms with E-state index in [9.17, 15) is 9.90 Å². The van der Waals surface area contributed by atoms with Crippen LogP contribution in [0.4, 0.5) is 10.3 Å². The van der Waals surface area contributed by atoms with E-state index in [2.05, 4.69) is 31.0 Å². The molecule has 11 heteroatoms. The van der Waals surface area contributed by atoms with Gasteiger partial charge in [-0.25, -0.2) is 0 Å². The van der Waals surface area contributed by atoms with E-state index in [1.165, 1.54) is 22.7 Å². The van der Waals surface area contributed by atoms with E-state index >= 15 is 0 Å². The Morgan fingerprint density at radius 2 is 1.61 bits per heavy atom. The molecule has 0 bridgehead atoms. The number of benzene rings is 1. The van der Waals surface area contributed by atoms with Gasteiger partial charge in [0.2, 0.25) is 16.2 Å². The van der Waals surface area contributed by atoms with E-state index in [-0.39, 0.29) is 5.91 Å². The SMILES string of the molecule is CN(C)CC(=O)Nc1nnc(CCCCc2nnc(NC(O)Cc3ccccc3)s2)s1.